The predicted molar refractivity (Wildman–Crippen MR) is 62.8 cm³/mol. The number of nitriles is 1. The van der Waals surface area contributed by atoms with Crippen molar-refractivity contribution in [2.75, 3.05) is 18.4 Å². The Labute approximate surface area is 104 Å². The van der Waals surface area contributed by atoms with Gasteiger partial charge in [-0.3, -0.25) is 4.79 Å². The minimum atomic E-state index is -0.967. The quantitative estimate of drug-likeness (QED) is 0.678. The second-order valence-electron chi connectivity index (χ2n) is 4.69. The first kappa shape index (κ1) is 10.8. The van der Waals surface area contributed by atoms with Crippen molar-refractivity contribution in [1.82, 2.24) is 9.88 Å². The summed E-state index contributed by atoms with van der Waals surface area (Å²) in [5.41, 5.74) is 0.588. The van der Waals surface area contributed by atoms with E-state index in [9.17, 15) is 4.79 Å². The summed E-state index contributed by atoms with van der Waals surface area (Å²) in [5, 5.41) is 11.7. The molecule has 1 N–H and O–H groups in total. The number of carbonyl (C=O) groups is 1. The number of anilines is 1. The Morgan fingerprint density at radius 1 is 1.67 bits per heavy atom. The number of fused-ring (bicyclic) bond motifs is 1. The van der Waals surface area contributed by atoms with Crippen molar-refractivity contribution in [3.63, 3.8) is 0 Å². The maximum absolute atomic E-state index is 12.2. The fraction of sp³-hybridized carbons (Fsp3) is 0.417. The van der Waals surface area contributed by atoms with Crippen molar-refractivity contribution in [1.29, 1.82) is 5.26 Å². The largest absolute Gasteiger partial charge is 0.457 e. The van der Waals surface area contributed by atoms with Crippen molar-refractivity contribution in [2.24, 2.45) is 0 Å². The zero-order valence-electron chi connectivity index (χ0n) is 9.93. The Hall–Kier alpha value is -2.29. The minimum Gasteiger partial charge on any atom is -0.457 e. The van der Waals surface area contributed by atoms with Gasteiger partial charge >= 0.3 is 0 Å². The summed E-state index contributed by atoms with van der Waals surface area (Å²) >= 11 is 0. The lowest BCUT2D eigenvalue weighted by atomic mass is 10.00. The number of carbonyl (C=O) groups excluding carboxylic acids is 1. The van der Waals surface area contributed by atoms with Gasteiger partial charge in [0.25, 0.3) is 5.91 Å². The number of aromatic nitrogens is 1. The molecule has 1 aromatic rings. The number of likely N-dealkylation sites (tertiary alicyclic amines) is 1. The van der Waals surface area contributed by atoms with Gasteiger partial charge in [-0.15, -0.1) is 0 Å². The zero-order chi connectivity index (χ0) is 12.8. The van der Waals surface area contributed by atoms with Crippen LogP contribution >= 0.6 is 0 Å². The van der Waals surface area contributed by atoms with E-state index < -0.39 is 5.60 Å². The summed E-state index contributed by atoms with van der Waals surface area (Å²) in [6, 6.07) is 1.82. The molecule has 92 valence electrons. The first-order valence-electron chi connectivity index (χ1n) is 5.75. The van der Waals surface area contributed by atoms with Gasteiger partial charge in [0.15, 0.2) is 6.19 Å². The molecule has 0 radical (unpaired) electrons. The van der Waals surface area contributed by atoms with Gasteiger partial charge in [-0.1, -0.05) is 0 Å². The standard InChI is InChI=1S/C12H12N4O2/c1-8-4-9-10(14-5-8)18-12(11(17)15-9)2-3-16(6-12)7-13/h4-5H,2-3,6H2,1H3,(H,15,17). The van der Waals surface area contributed by atoms with E-state index in [4.69, 9.17) is 10.00 Å². The maximum Gasteiger partial charge on any atom is 0.270 e. The molecule has 1 unspecified atom stereocenters. The lowest BCUT2D eigenvalue weighted by Gasteiger charge is -2.32. The van der Waals surface area contributed by atoms with Gasteiger partial charge < -0.3 is 15.0 Å². The highest BCUT2D eigenvalue weighted by Gasteiger charge is 2.50. The van der Waals surface area contributed by atoms with E-state index in [1.807, 2.05) is 19.2 Å². The molecule has 1 amide bonds. The van der Waals surface area contributed by atoms with Crippen LogP contribution in [-0.2, 0) is 4.79 Å². The van der Waals surface area contributed by atoms with Crippen molar-refractivity contribution >= 4 is 11.6 Å². The molecule has 1 spiro atoms. The molecule has 1 saturated heterocycles. The van der Waals surface area contributed by atoms with Crippen LogP contribution in [0.4, 0.5) is 5.69 Å². The van der Waals surface area contributed by atoms with Crippen LogP contribution in [0.25, 0.3) is 0 Å². The Bertz CT molecular complexity index is 566. The van der Waals surface area contributed by atoms with Crippen molar-refractivity contribution in [2.45, 2.75) is 18.9 Å². The summed E-state index contributed by atoms with van der Waals surface area (Å²) in [5.74, 6) is 0.236. The Morgan fingerprint density at radius 3 is 3.22 bits per heavy atom. The molecule has 2 aliphatic rings. The topological polar surface area (TPSA) is 78.3 Å². The van der Waals surface area contributed by atoms with Crippen molar-refractivity contribution in [3.05, 3.63) is 17.8 Å². The smallest absolute Gasteiger partial charge is 0.270 e. The molecule has 1 atom stereocenters. The second-order valence-corrected chi connectivity index (χ2v) is 4.69. The number of hydrogen-bond donors (Lipinski definition) is 1. The van der Waals surface area contributed by atoms with E-state index in [1.165, 1.54) is 4.90 Å². The minimum absolute atomic E-state index is 0.194. The number of ether oxygens (including phenoxy) is 1. The molecule has 6 heteroatoms. The van der Waals surface area contributed by atoms with Crippen LogP contribution in [0, 0.1) is 18.4 Å². The highest BCUT2D eigenvalue weighted by atomic mass is 16.5. The number of rotatable bonds is 0. The second kappa shape index (κ2) is 3.60. The highest BCUT2D eigenvalue weighted by molar-refractivity contribution is 6.00. The van der Waals surface area contributed by atoms with Gasteiger partial charge in [0.1, 0.15) is 5.69 Å². The summed E-state index contributed by atoms with van der Waals surface area (Å²) in [6.45, 7) is 2.71. The van der Waals surface area contributed by atoms with E-state index in [-0.39, 0.29) is 12.5 Å². The van der Waals surface area contributed by atoms with Gasteiger partial charge in [-0.2, -0.15) is 5.26 Å². The SMILES string of the molecule is Cc1cnc2c(c1)NC(=O)C1(CCN(C#N)C1)O2. The number of nitrogens with zero attached hydrogens (tertiary/aromatic N) is 3. The molecule has 3 heterocycles. The number of nitrogens with one attached hydrogen (secondary N) is 1. The number of aryl methyl sites for hydroxylation is 1. The summed E-state index contributed by atoms with van der Waals surface area (Å²) in [7, 11) is 0. The van der Waals surface area contributed by atoms with Gasteiger partial charge in [-0.25, -0.2) is 4.98 Å². The third kappa shape index (κ3) is 1.48. The summed E-state index contributed by atoms with van der Waals surface area (Å²) < 4.78 is 5.76. The average Bonchev–Trinajstić information content (AvgIpc) is 2.76. The van der Waals surface area contributed by atoms with Crippen LogP contribution < -0.4 is 10.1 Å². The van der Waals surface area contributed by atoms with E-state index in [0.29, 0.717) is 24.5 Å². The third-order valence-corrected chi connectivity index (χ3v) is 3.32. The first-order chi connectivity index (χ1) is 8.63. The van der Waals surface area contributed by atoms with Gasteiger partial charge in [0, 0.05) is 19.2 Å². The van der Waals surface area contributed by atoms with Crippen LogP contribution in [-0.4, -0.2) is 34.5 Å². The lowest BCUT2D eigenvalue weighted by Crippen LogP contribution is -2.52. The van der Waals surface area contributed by atoms with Crippen LogP contribution in [0.1, 0.15) is 12.0 Å². The first-order valence-corrected chi connectivity index (χ1v) is 5.75. The number of pyridine rings is 1. The van der Waals surface area contributed by atoms with Gasteiger partial charge in [0.05, 0.1) is 6.54 Å². The molecule has 3 rings (SSSR count). The molecule has 1 aromatic heterocycles. The Balaban J connectivity index is 1.96. The molecule has 6 nitrogen and oxygen atoms in total. The van der Waals surface area contributed by atoms with Crippen molar-refractivity contribution in [3.8, 4) is 12.1 Å². The van der Waals surface area contributed by atoms with Crippen LogP contribution in [0.5, 0.6) is 5.88 Å². The van der Waals surface area contributed by atoms with Crippen molar-refractivity contribution < 1.29 is 9.53 Å². The van der Waals surface area contributed by atoms with E-state index in [1.54, 1.807) is 6.20 Å². The molecule has 18 heavy (non-hydrogen) atoms. The Morgan fingerprint density at radius 2 is 2.50 bits per heavy atom. The number of hydrogen-bond acceptors (Lipinski definition) is 5. The lowest BCUT2D eigenvalue weighted by molar-refractivity contribution is -0.131. The summed E-state index contributed by atoms with van der Waals surface area (Å²) in [6.07, 6.45) is 4.24. The van der Waals surface area contributed by atoms with E-state index in [0.717, 1.165) is 5.56 Å². The summed E-state index contributed by atoms with van der Waals surface area (Å²) in [4.78, 5) is 17.9. The number of amides is 1. The predicted octanol–water partition coefficient (Wildman–Crippen LogP) is 0.646. The van der Waals surface area contributed by atoms with Gasteiger partial charge in [-0.05, 0) is 18.6 Å². The van der Waals surface area contributed by atoms with Crippen LogP contribution in [0.15, 0.2) is 12.3 Å². The van der Waals surface area contributed by atoms with Gasteiger partial charge in [0.2, 0.25) is 11.5 Å². The van der Waals surface area contributed by atoms with E-state index in [2.05, 4.69) is 10.3 Å². The molecular formula is C12H12N4O2. The molecule has 0 aliphatic carbocycles. The van der Waals surface area contributed by atoms with E-state index >= 15 is 0 Å². The maximum atomic E-state index is 12.2. The zero-order valence-corrected chi connectivity index (χ0v) is 9.93. The third-order valence-electron chi connectivity index (χ3n) is 3.32. The normalized spacial score (nSPS) is 25.3. The molecule has 1 fully saturated rings. The molecule has 0 bridgehead atoms. The average molecular weight is 244 g/mol. The molecular weight excluding hydrogens is 232 g/mol. The Kier molecular flexibility index (Phi) is 2.17. The fourth-order valence-corrected chi connectivity index (χ4v) is 2.33. The molecule has 0 aromatic carbocycles. The fourth-order valence-electron chi connectivity index (χ4n) is 2.33. The highest BCUT2D eigenvalue weighted by Crippen LogP contribution is 2.36. The van der Waals surface area contributed by atoms with Crippen LogP contribution in [0.3, 0.4) is 0 Å². The van der Waals surface area contributed by atoms with Crippen LogP contribution in [0.2, 0.25) is 0 Å². The monoisotopic (exact) mass is 244 g/mol. The molecule has 0 saturated carbocycles. The molecule has 2 aliphatic heterocycles.